The summed E-state index contributed by atoms with van der Waals surface area (Å²) in [7, 11) is 0. The van der Waals surface area contributed by atoms with Gasteiger partial charge in [0.05, 0.1) is 6.10 Å². The van der Waals surface area contributed by atoms with Crippen molar-refractivity contribution in [3.05, 3.63) is 29.8 Å². The van der Waals surface area contributed by atoms with E-state index >= 15 is 0 Å². The van der Waals surface area contributed by atoms with E-state index in [9.17, 15) is 0 Å². The number of hydrogen-bond donors (Lipinski definition) is 0. The molecule has 0 atom stereocenters. The first-order chi connectivity index (χ1) is 6.74. The number of hydrogen-bond acceptors (Lipinski definition) is 1. The maximum Gasteiger partial charge on any atom is 0.122 e. The molecular formula is C13H22O. The molecular weight excluding hydrogens is 172 g/mol. The van der Waals surface area contributed by atoms with Crippen molar-refractivity contribution in [2.75, 3.05) is 0 Å². The Morgan fingerprint density at radius 1 is 1.14 bits per heavy atom. The fourth-order valence-electron chi connectivity index (χ4n) is 1.16. The zero-order chi connectivity index (χ0) is 11.0. The largest absolute Gasteiger partial charge is 0.491 e. The lowest BCUT2D eigenvalue weighted by molar-refractivity contribution is 0.240. The summed E-state index contributed by atoms with van der Waals surface area (Å²) in [5.41, 5.74) is 1.28. The van der Waals surface area contributed by atoms with E-state index in [0.717, 1.165) is 12.2 Å². The lowest BCUT2D eigenvalue weighted by atomic mass is 10.1. The highest BCUT2D eigenvalue weighted by Crippen LogP contribution is 2.19. The molecule has 80 valence electrons. The van der Waals surface area contributed by atoms with Gasteiger partial charge in [0.25, 0.3) is 0 Å². The predicted octanol–water partition coefficient (Wildman–Crippen LogP) is 4.06. The molecule has 0 bridgehead atoms. The minimum absolute atomic E-state index is 0.262. The van der Waals surface area contributed by atoms with E-state index < -0.39 is 0 Å². The van der Waals surface area contributed by atoms with Gasteiger partial charge in [0, 0.05) is 0 Å². The van der Waals surface area contributed by atoms with Crippen LogP contribution in [0, 0.1) is 0 Å². The molecule has 1 aromatic carbocycles. The molecule has 0 aliphatic carbocycles. The van der Waals surface area contributed by atoms with E-state index in [4.69, 9.17) is 4.74 Å². The molecule has 0 heterocycles. The highest BCUT2D eigenvalue weighted by atomic mass is 16.5. The highest BCUT2D eigenvalue weighted by Gasteiger charge is 2.01. The third kappa shape index (κ3) is 4.31. The van der Waals surface area contributed by atoms with Crippen molar-refractivity contribution < 1.29 is 4.74 Å². The van der Waals surface area contributed by atoms with Crippen molar-refractivity contribution in [3.63, 3.8) is 0 Å². The van der Waals surface area contributed by atoms with Crippen molar-refractivity contribution in [2.24, 2.45) is 0 Å². The molecule has 0 radical (unpaired) electrons. The standard InChI is InChI=1S/C11H16O.C2H6/c1-4-10-7-5-6-8-11(10)12-9(2)3;1-2/h5-9H,4H2,1-3H3;1-2H3. The van der Waals surface area contributed by atoms with Gasteiger partial charge in [-0.2, -0.15) is 0 Å². The second-order valence-corrected chi connectivity index (χ2v) is 3.13. The summed E-state index contributed by atoms with van der Waals surface area (Å²) in [4.78, 5) is 0. The van der Waals surface area contributed by atoms with E-state index in [1.807, 2.05) is 45.9 Å². The Morgan fingerprint density at radius 3 is 2.21 bits per heavy atom. The number of ether oxygens (including phenoxy) is 1. The Hall–Kier alpha value is -0.980. The zero-order valence-corrected chi connectivity index (χ0v) is 10.0. The van der Waals surface area contributed by atoms with Crippen LogP contribution in [0.5, 0.6) is 5.75 Å². The monoisotopic (exact) mass is 194 g/mol. The summed E-state index contributed by atoms with van der Waals surface area (Å²) in [6, 6.07) is 8.19. The van der Waals surface area contributed by atoms with Crippen LogP contribution in [-0.2, 0) is 6.42 Å². The Kier molecular flexibility index (Phi) is 6.91. The first-order valence-electron chi connectivity index (χ1n) is 5.48. The summed E-state index contributed by atoms with van der Waals surface area (Å²) in [6.07, 6.45) is 1.29. The van der Waals surface area contributed by atoms with Crippen LogP contribution in [0.1, 0.15) is 40.2 Å². The van der Waals surface area contributed by atoms with Crippen LogP contribution in [0.3, 0.4) is 0 Å². The SMILES string of the molecule is CC.CCc1ccccc1OC(C)C. The van der Waals surface area contributed by atoms with Gasteiger partial charge < -0.3 is 4.74 Å². The predicted molar refractivity (Wildman–Crippen MR) is 62.9 cm³/mol. The van der Waals surface area contributed by atoms with Gasteiger partial charge in [0.1, 0.15) is 5.75 Å². The van der Waals surface area contributed by atoms with Crippen LogP contribution >= 0.6 is 0 Å². The van der Waals surface area contributed by atoms with Crippen LogP contribution < -0.4 is 4.74 Å². The van der Waals surface area contributed by atoms with Gasteiger partial charge in [-0.1, -0.05) is 39.0 Å². The fraction of sp³-hybridized carbons (Fsp3) is 0.538. The van der Waals surface area contributed by atoms with Gasteiger partial charge in [-0.05, 0) is 31.9 Å². The lowest BCUT2D eigenvalue weighted by Crippen LogP contribution is -2.06. The van der Waals surface area contributed by atoms with Crippen molar-refractivity contribution in [1.29, 1.82) is 0 Å². The Balaban J connectivity index is 0.000000791. The summed E-state index contributed by atoms with van der Waals surface area (Å²) >= 11 is 0. The smallest absolute Gasteiger partial charge is 0.122 e. The van der Waals surface area contributed by atoms with E-state index in [1.54, 1.807) is 0 Å². The van der Waals surface area contributed by atoms with E-state index in [2.05, 4.69) is 13.0 Å². The molecule has 0 aromatic heterocycles. The quantitative estimate of drug-likeness (QED) is 0.705. The molecule has 0 saturated heterocycles. The second kappa shape index (κ2) is 7.43. The van der Waals surface area contributed by atoms with Crippen LogP contribution in [0.15, 0.2) is 24.3 Å². The van der Waals surface area contributed by atoms with Gasteiger partial charge in [-0.3, -0.25) is 0 Å². The van der Waals surface area contributed by atoms with Gasteiger partial charge in [-0.15, -0.1) is 0 Å². The summed E-state index contributed by atoms with van der Waals surface area (Å²) in [6.45, 7) is 10.2. The third-order valence-electron chi connectivity index (χ3n) is 1.72. The average molecular weight is 194 g/mol. The number of benzene rings is 1. The highest BCUT2D eigenvalue weighted by molar-refractivity contribution is 5.33. The first kappa shape index (κ1) is 13.0. The normalized spacial score (nSPS) is 9.29. The molecule has 0 spiro atoms. The number of rotatable bonds is 3. The zero-order valence-electron chi connectivity index (χ0n) is 10.0. The van der Waals surface area contributed by atoms with Crippen molar-refractivity contribution in [1.82, 2.24) is 0 Å². The topological polar surface area (TPSA) is 9.23 Å². The van der Waals surface area contributed by atoms with Crippen LogP contribution in [0.25, 0.3) is 0 Å². The molecule has 0 amide bonds. The van der Waals surface area contributed by atoms with E-state index in [1.165, 1.54) is 5.56 Å². The maximum atomic E-state index is 5.64. The Morgan fingerprint density at radius 2 is 1.71 bits per heavy atom. The Labute approximate surface area is 88.1 Å². The minimum atomic E-state index is 0.262. The van der Waals surface area contributed by atoms with Gasteiger partial charge in [0.15, 0.2) is 0 Å². The summed E-state index contributed by atoms with van der Waals surface area (Å²) in [5, 5.41) is 0. The molecule has 14 heavy (non-hydrogen) atoms. The molecule has 1 rings (SSSR count). The fourth-order valence-corrected chi connectivity index (χ4v) is 1.16. The van der Waals surface area contributed by atoms with Crippen LogP contribution in [0.2, 0.25) is 0 Å². The summed E-state index contributed by atoms with van der Waals surface area (Å²) in [5.74, 6) is 1.02. The maximum absolute atomic E-state index is 5.64. The lowest BCUT2D eigenvalue weighted by Gasteiger charge is -2.12. The second-order valence-electron chi connectivity index (χ2n) is 3.13. The molecule has 1 nitrogen and oxygen atoms in total. The molecule has 0 fully saturated rings. The molecule has 0 saturated carbocycles. The van der Waals surface area contributed by atoms with Crippen LogP contribution in [0.4, 0.5) is 0 Å². The van der Waals surface area contributed by atoms with Crippen molar-refractivity contribution in [2.45, 2.75) is 47.1 Å². The van der Waals surface area contributed by atoms with Crippen molar-refractivity contribution >= 4 is 0 Å². The average Bonchev–Trinajstić information content (AvgIpc) is 2.21. The van der Waals surface area contributed by atoms with E-state index in [0.29, 0.717) is 0 Å². The van der Waals surface area contributed by atoms with Gasteiger partial charge in [-0.25, -0.2) is 0 Å². The molecule has 0 N–H and O–H groups in total. The number of para-hydroxylation sites is 1. The first-order valence-corrected chi connectivity index (χ1v) is 5.48. The minimum Gasteiger partial charge on any atom is -0.491 e. The van der Waals surface area contributed by atoms with Gasteiger partial charge in [0.2, 0.25) is 0 Å². The third-order valence-corrected chi connectivity index (χ3v) is 1.72. The molecule has 1 heteroatoms. The molecule has 1 aromatic rings. The van der Waals surface area contributed by atoms with Crippen molar-refractivity contribution in [3.8, 4) is 5.75 Å². The molecule has 0 aliphatic rings. The van der Waals surface area contributed by atoms with Gasteiger partial charge >= 0.3 is 0 Å². The van der Waals surface area contributed by atoms with Crippen LogP contribution in [-0.4, -0.2) is 6.10 Å². The molecule has 0 aliphatic heterocycles. The summed E-state index contributed by atoms with van der Waals surface area (Å²) < 4.78 is 5.64. The number of aryl methyl sites for hydroxylation is 1. The molecule has 0 unspecified atom stereocenters. The Bertz CT molecular complexity index is 241. The van der Waals surface area contributed by atoms with E-state index in [-0.39, 0.29) is 6.10 Å².